The summed E-state index contributed by atoms with van der Waals surface area (Å²) in [6.45, 7) is 11.6. The van der Waals surface area contributed by atoms with Crippen LogP contribution in [0, 0.1) is 12.8 Å². The Kier molecular flexibility index (Phi) is 6.27. The molecule has 2 aliphatic rings. The van der Waals surface area contributed by atoms with Crippen molar-refractivity contribution in [3.8, 4) is 0 Å². The SMILES string of the molecule is Cc1nn(CC(C)C)c2sc(C(=O)NCC3(N4CCOCC4)CCCCC3)cc12. The number of aromatic nitrogens is 2. The summed E-state index contributed by atoms with van der Waals surface area (Å²) in [4.78, 5) is 17.5. The van der Waals surface area contributed by atoms with Crippen LogP contribution in [0.25, 0.3) is 10.2 Å². The number of nitrogens with zero attached hydrogens (tertiary/aromatic N) is 3. The number of carbonyl (C=O) groups excluding carboxylic acids is 1. The average molecular weight is 419 g/mol. The summed E-state index contributed by atoms with van der Waals surface area (Å²) in [6.07, 6.45) is 6.15. The van der Waals surface area contributed by atoms with Gasteiger partial charge >= 0.3 is 0 Å². The summed E-state index contributed by atoms with van der Waals surface area (Å²) in [6, 6.07) is 2.02. The fourth-order valence-corrected chi connectivity index (χ4v) is 5.97. The second kappa shape index (κ2) is 8.74. The first-order valence-electron chi connectivity index (χ1n) is 11.1. The van der Waals surface area contributed by atoms with E-state index in [0.717, 1.165) is 60.2 Å². The maximum absolute atomic E-state index is 13.1. The van der Waals surface area contributed by atoms with Gasteiger partial charge in [-0.2, -0.15) is 5.10 Å². The lowest BCUT2D eigenvalue weighted by atomic mass is 9.79. The molecule has 1 amide bonds. The molecular formula is C22H34N4O2S. The van der Waals surface area contributed by atoms with Crippen LogP contribution < -0.4 is 5.32 Å². The third-order valence-corrected chi connectivity index (χ3v) is 7.56. The molecule has 3 heterocycles. The van der Waals surface area contributed by atoms with Gasteiger partial charge in [-0.05, 0) is 31.7 Å². The molecule has 0 radical (unpaired) electrons. The predicted molar refractivity (Wildman–Crippen MR) is 118 cm³/mol. The molecule has 29 heavy (non-hydrogen) atoms. The zero-order chi connectivity index (χ0) is 20.4. The van der Waals surface area contributed by atoms with Gasteiger partial charge in [0.25, 0.3) is 5.91 Å². The highest BCUT2D eigenvalue weighted by atomic mass is 32.1. The van der Waals surface area contributed by atoms with E-state index in [4.69, 9.17) is 4.74 Å². The van der Waals surface area contributed by atoms with E-state index in [1.165, 1.54) is 32.1 Å². The van der Waals surface area contributed by atoms with Gasteiger partial charge in [0, 0.05) is 37.1 Å². The zero-order valence-electron chi connectivity index (χ0n) is 18.0. The number of fused-ring (bicyclic) bond motifs is 1. The summed E-state index contributed by atoms with van der Waals surface area (Å²) >= 11 is 1.57. The largest absolute Gasteiger partial charge is 0.379 e. The molecule has 2 fully saturated rings. The van der Waals surface area contributed by atoms with Crippen LogP contribution in [0.3, 0.4) is 0 Å². The van der Waals surface area contributed by atoms with Crippen molar-refractivity contribution in [3.63, 3.8) is 0 Å². The lowest BCUT2D eigenvalue weighted by Gasteiger charge is -2.48. The Labute approximate surface area is 177 Å². The van der Waals surface area contributed by atoms with Crippen molar-refractivity contribution in [2.24, 2.45) is 5.92 Å². The topological polar surface area (TPSA) is 59.4 Å². The predicted octanol–water partition coefficient (Wildman–Crippen LogP) is 3.83. The fraction of sp³-hybridized carbons (Fsp3) is 0.727. The van der Waals surface area contributed by atoms with Gasteiger partial charge in [-0.3, -0.25) is 14.4 Å². The molecule has 1 aliphatic heterocycles. The minimum Gasteiger partial charge on any atom is -0.379 e. The molecule has 0 spiro atoms. The molecule has 2 aromatic rings. The Balaban J connectivity index is 1.49. The fourth-order valence-electron chi connectivity index (χ4n) is 4.88. The molecule has 6 nitrogen and oxygen atoms in total. The van der Waals surface area contributed by atoms with E-state index in [-0.39, 0.29) is 11.4 Å². The molecule has 7 heteroatoms. The van der Waals surface area contributed by atoms with E-state index in [2.05, 4.69) is 33.8 Å². The highest BCUT2D eigenvalue weighted by molar-refractivity contribution is 7.20. The van der Waals surface area contributed by atoms with E-state index >= 15 is 0 Å². The second-order valence-electron chi connectivity index (χ2n) is 9.06. The van der Waals surface area contributed by atoms with Gasteiger partial charge in [-0.15, -0.1) is 11.3 Å². The van der Waals surface area contributed by atoms with Crippen LogP contribution in [0.4, 0.5) is 0 Å². The maximum atomic E-state index is 13.1. The minimum atomic E-state index is 0.0555. The molecule has 1 saturated carbocycles. The quantitative estimate of drug-likeness (QED) is 0.775. The third-order valence-electron chi connectivity index (χ3n) is 6.41. The molecular weight excluding hydrogens is 384 g/mol. The molecule has 1 N–H and O–H groups in total. The van der Waals surface area contributed by atoms with E-state index in [0.29, 0.717) is 5.92 Å². The van der Waals surface area contributed by atoms with Gasteiger partial charge in [0.15, 0.2) is 0 Å². The number of morpholine rings is 1. The van der Waals surface area contributed by atoms with Crippen molar-refractivity contribution in [1.82, 2.24) is 20.0 Å². The molecule has 0 bridgehead atoms. The molecule has 1 aliphatic carbocycles. The van der Waals surface area contributed by atoms with E-state index < -0.39 is 0 Å². The smallest absolute Gasteiger partial charge is 0.261 e. The van der Waals surface area contributed by atoms with Crippen LogP contribution in [-0.4, -0.2) is 59.0 Å². The molecule has 160 valence electrons. The lowest BCUT2D eigenvalue weighted by molar-refractivity contribution is -0.0361. The van der Waals surface area contributed by atoms with Crippen molar-refractivity contribution < 1.29 is 9.53 Å². The average Bonchev–Trinajstić information content (AvgIpc) is 3.29. The number of carbonyl (C=O) groups is 1. The Bertz CT molecular complexity index is 844. The van der Waals surface area contributed by atoms with Gasteiger partial charge in [-0.1, -0.05) is 33.1 Å². The first-order chi connectivity index (χ1) is 14.0. The van der Waals surface area contributed by atoms with Crippen LogP contribution in [-0.2, 0) is 11.3 Å². The monoisotopic (exact) mass is 418 g/mol. The number of amides is 1. The standard InChI is InChI=1S/C22H34N4O2S/c1-16(2)14-26-21-18(17(3)24-26)13-19(29-21)20(27)23-15-22(7-5-4-6-8-22)25-9-11-28-12-10-25/h13,16H,4-12,14-15H2,1-3H3,(H,23,27). The molecule has 2 aromatic heterocycles. The van der Waals surface area contributed by atoms with Gasteiger partial charge < -0.3 is 10.1 Å². The Morgan fingerprint density at radius 2 is 2.00 bits per heavy atom. The molecule has 0 atom stereocenters. The van der Waals surface area contributed by atoms with E-state index in [1.54, 1.807) is 11.3 Å². The minimum absolute atomic E-state index is 0.0555. The molecule has 0 unspecified atom stereocenters. The van der Waals surface area contributed by atoms with Crippen LogP contribution in [0.2, 0.25) is 0 Å². The first-order valence-corrected chi connectivity index (χ1v) is 11.9. The lowest BCUT2D eigenvalue weighted by Crippen LogP contribution is -2.59. The number of aryl methyl sites for hydroxylation is 1. The number of hydrogen-bond acceptors (Lipinski definition) is 5. The summed E-state index contributed by atoms with van der Waals surface area (Å²) in [5.74, 6) is 0.580. The number of thiophene rings is 1. The summed E-state index contributed by atoms with van der Waals surface area (Å²) in [5, 5.41) is 9.07. The number of rotatable bonds is 6. The number of ether oxygens (including phenoxy) is 1. The Morgan fingerprint density at radius 1 is 1.28 bits per heavy atom. The Hall–Kier alpha value is -1.44. The van der Waals surface area contributed by atoms with Gasteiger partial charge in [0.1, 0.15) is 4.83 Å². The van der Waals surface area contributed by atoms with Crippen LogP contribution in [0.15, 0.2) is 6.07 Å². The van der Waals surface area contributed by atoms with Gasteiger partial charge in [-0.25, -0.2) is 0 Å². The van der Waals surface area contributed by atoms with E-state index in [9.17, 15) is 4.79 Å². The highest BCUT2D eigenvalue weighted by Gasteiger charge is 2.39. The molecule has 4 rings (SSSR count). The maximum Gasteiger partial charge on any atom is 0.261 e. The van der Waals surface area contributed by atoms with Crippen LogP contribution in [0.5, 0.6) is 0 Å². The highest BCUT2D eigenvalue weighted by Crippen LogP contribution is 2.34. The van der Waals surface area contributed by atoms with Crippen LogP contribution >= 0.6 is 11.3 Å². The van der Waals surface area contributed by atoms with Crippen LogP contribution in [0.1, 0.15) is 61.3 Å². The second-order valence-corrected chi connectivity index (χ2v) is 10.1. The summed E-state index contributed by atoms with van der Waals surface area (Å²) in [5.41, 5.74) is 1.10. The zero-order valence-corrected chi connectivity index (χ0v) is 18.8. The first kappa shape index (κ1) is 20.8. The van der Waals surface area contributed by atoms with Crippen molar-refractivity contribution in [2.45, 2.75) is 65.0 Å². The molecule has 0 aromatic carbocycles. The van der Waals surface area contributed by atoms with Gasteiger partial charge in [0.05, 0.1) is 23.8 Å². The molecule has 1 saturated heterocycles. The van der Waals surface area contributed by atoms with Crippen molar-refractivity contribution >= 4 is 27.5 Å². The summed E-state index contributed by atoms with van der Waals surface area (Å²) in [7, 11) is 0. The third kappa shape index (κ3) is 4.37. The Morgan fingerprint density at radius 3 is 2.69 bits per heavy atom. The van der Waals surface area contributed by atoms with Gasteiger partial charge in [0.2, 0.25) is 0 Å². The van der Waals surface area contributed by atoms with Crippen molar-refractivity contribution in [3.05, 3.63) is 16.6 Å². The van der Waals surface area contributed by atoms with E-state index in [1.807, 2.05) is 13.0 Å². The summed E-state index contributed by atoms with van der Waals surface area (Å²) < 4.78 is 7.63. The number of nitrogens with one attached hydrogen (secondary N) is 1. The normalized spacial score (nSPS) is 20.4. The van der Waals surface area contributed by atoms with Crippen molar-refractivity contribution in [2.75, 3.05) is 32.8 Å². The number of hydrogen-bond donors (Lipinski definition) is 1. The van der Waals surface area contributed by atoms with Crippen molar-refractivity contribution in [1.29, 1.82) is 0 Å².